The molecule has 3 atom stereocenters. The van der Waals surface area contributed by atoms with Crippen LogP contribution in [0.25, 0.3) is 0 Å². The third kappa shape index (κ3) is 9.29. The Labute approximate surface area is 179 Å². The Balaban J connectivity index is 1.93. The molecule has 29 heavy (non-hydrogen) atoms. The minimum atomic E-state index is -2.46. The fourth-order valence-corrected chi connectivity index (χ4v) is 6.87. The highest BCUT2D eigenvalue weighted by Gasteiger charge is 2.16. The van der Waals surface area contributed by atoms with E-state index >= 15 is 0 Å². The molecule has 0 N–H and O–H groups in total. The molecule has 0 heterocycles. The number of para-hydroxylation sites is 1. The van der Waals surface area contributed by atoms with E-state index in [1.54, 1.807) is 7.11 Å². The van der Waals surface area contributed by atoms with Crippen LogP contribution in [0.4, 0.5) is 0 Å². The van der Waals surface area contributed by atoms with Gasteiger partial charge in [-0.15, -0.1) is 7.92 Å². The molecular formula is C22H33O4P3. The van der Waals surface area contributed by atoms with E-state index in [0.717, 1.165) is 23.9 Å². The second kappa shape index (κ2) is 14.3. The second-order valence-electron chi connectivity index (χ2n) is 6.66. The Morgan fingerprint density at radius 3 is 2.38 bits per heavy atom. The van der Waals surface area contributed by atoms with Gasteiger partial charge >= 0.3 is 8.25 Å². The number of hydrogen-bond acceptors (Lipinski definition) is 4. The summed E-state index contributed by atoms with van der Waals surface area (Å²) >= 11 is 0. The van der Waals surface area contributed by atoms with Gasteiger partial charge in [0.05, 0.1) is 20.3 Å². The Kier molecular flexibility index (Phi) is 12.1. The first-order valence-corrected chi connectivity index (χ1v) is 14.3. The van der Waals surface area contributed by atoms with E-state index < -0.39 is 8.25 Å². The Morgan fingerprint density at radius 2 is 1.69 bits per heavy atom. The Hall–Kier alpha value is -0.750. The van der Waals surface area contributed by atoms with Crippen molar-refractivity contribution in [3.8, 4) is 5.75 Å². The molecule has 2 aromatic rings. The molecular weight excluding hydrogens is 421 g/mol. The van der Waals surface area contributed by atoms with Crippen molar-refractivity contribution in [1.29, 1.82) is 0 Å². The normalized spacial score (nSPS) is 13.8. The predicted molar refractivity (Wildman–Crippen MR) is 129 cm³/mol. The molecule has 2 rings (SSSR count). The monoisotopic (exact) mass is 454 g/mol. The first-order valence-electron chi connectivity index (χ1n) is 10.1. The molecule has 0 bridgehead atoms. The lowest BCUT2D eigenvalue weighted by molar-refractivity contribution is 0.234. The van der Waals surface area contributed by atoms with Crippen LogP contribution < -0.4 is 10.0 Å². The molecule has 4 nitrogen and oxygen atoms in total. The lowest BCUT2D eigenvalue weighted by Crippen LogP contribution is -2.16. The van der Waals surface area contributed by atoms with Crippen molar-refractivity contribution >= 4 is 30.1 Å². The lowest BCUT2D eigenvalue weighted by Gasteiger charge is -2.19. The minimum Gasteiger partial charge on any atom is -0.496 e. The van der Waals surface area contributed by atoms with Crippen LogP contribution in [0.15, 0.2) is 54.6 Å². The molecule has 0 fully saturated rings. The highest BCUT2D eigenvalue weighted by Crippen LogP contribution is 2.36. The van der Waals surface area contributed by atoms with Gasteiger partial charge in [-0.3, -0.25) is 4.57 Å². The van der Waals surface area contributed by atoms with Gasteiger partial charge in [0.25, 0.3) is 0 Å². The first-order chi connectivity index (χ1) is 14.2. The van der Waals surface area contributed by atoms with Gasteiger partial charge in [0.1, 0.15) is 5.75 Å². The molecule has 0 saturated carbocycles. The zero-order chi connectivity index (χ0) is 20.9. The Morgan fingerprint density at radius 1 is 1.00 bits per heavy atom. The summed E-state index contributed by atoms with van der Waals surface area (Å²) in [6.07, 6.45) is 4.19. The fraction of sp³-hybridized carbons (Fsp3) is 0.455. The van der Waals surface area contributed by atoms with Gasteiger partial charge < -0.3 is 13.8 Å². The van der Waals surface area contributed by atoms with Crippen molar-refractivity contribution < 1.29 is 18.3 Å². The van der Waals surface area contributed by atoms with Crippen molar-refractivity contribution in [3.05, 3.63) is 60.2 Å². The Bertz CT molecular complexity index is 723. The summed E-state index contributed by atoms with van der Waals surface area (Å²) in [5.41, 5.74) is 1.36. The van der Waals surface area contributed by atoms with Gasteiger partial charge in [-0.05, 0) is 41.8 Å². The van der Waals surface area contributed by atoms with E-state index in [4.69, 9.17) is 13.8 Å². The number of ether oxygens (including phenoxy) is 1. The van der Waals surface area contributed by atoms with Gasteiger partial charge in [-0.25, -0.2) is 0 Å². The summed E-state index contributed by atoms with van der Waals surface area (Å²) in [5, 5.41) is 1.27. The minimum absolute atomic E-state index is 0.00326. The van der Waals surface area contributed by atoms with Gasteiger partial charge in [-0.1, -0.05) is 71.0 Å². The van der Waals surface area contributed by atoms with Crippen molar-refractivity contribution in [2.24, 2.45) is 0 Å². The average molecular weight is 454 g/mol. The van der Waals surface area contributed by atoms with Crippen molar-refractivity contribution in [3.63, 3.8) is 0 Å². The third-order valence-corrected chi connectivity index (χ3v) is 9.62. The van der Waals surface area contributed by atoms with Gasteiger partial charge in [0.2, 0.25) is 0 Å². The van der Waals surface area contributed by atoms with Gasteiger partial charge in [0.15, 0.2) is 0 Å². The van der Waals surface area contributed by atoms with Crippen LogP contribution >= 0.6 is 24.8 Å². The topological polar surface area (TPSA) is 44.8 Å². The number of rotatable bonds is 14. The zero-order valence-electron chi connectivity index (χ0n) is 17.6. The smallest absolute Gasteiger partial charge is 0.319 e. The molecule has 2 aromatic carbocycles. The SMILES string of the molecule is CCP(CC)CCO[PH](=O)OCC(Cc1ccccc1OC)Pc1ccccc1. The van der Waals surface area contributed by atoms with Crippen molar-refractivity contribution in [2.75, 3.05) is 38.8 Å². The molecule has 0 aromatic heterocycles. The van der Waals surface area contributed by atoms with E-state index in [1.807, 2.05) is 24.3 Å². The molecule has 0 saturated heterocycles. The zero-order valence-corrected chi connectivity index (χ0v) is 20.5. The van der Waals surface area contributed by atoms with E-state index in [9.17, 15) is 4.57 Å². The standard InChI is InChI=1S/C22H33O4P3/c1-4-28(5-2)16-15-25-29(23)26-18-21(27-20-12-7-6-8-13-20)17-19-11-9-10-14-22(19)24-3/h6-14,21,27,29H,4-5,15-18H2,1-3H3. The van der Waals surface area contributed by atoms with Gasteiger partial charge in [-0.2, -0.15) is 0 Å². The maximum Gasteiger partial charge on any atom is 0.319 e. The van der Waals surface area contributed by atoms with E-state index in [2.05, 4.69) is 44.2 Å². The maximum absolute atomic E-state index is 12.3. The molecule has 0 aliphatic carbocycles. The highest BCUT2D eigenvalue weighted by atomic mass is 31.1. The first kappa shape index (κ1) is 24.5. The van der Waals surface area contributed by atoms with Crippen LogP contribution in [0.2, 0.25) is 0 Å². The third-order valence-electron chi connectivity index (χ3n) is 4.73. The average Bonchev–Trinajstić information content (AvgIpc) is 2.76. The molecule has 0 aliphatic heterocycles. The van der Waals surface area contributed by atoms with Crippen molar-refractivity contribution in [2.45, 2.75) is 25.9 Å². The van der Waals surface area contributed by atoms with Crippen LogP contribution in [0, 0.1) is 0 Å². The summed E-state index contributed by atoms with van der Waals surface area (Å²) in [7, 11) is -0.204. The number of hydrogen-bond donors (Lipinski definition) is 0. The molecule has 3 unspecified atom stereocenters. The molecule has 7 heteroatoms. The molecule has 0 spiro atoms. The maximum atomic E-state index is 12.3. The number of benzene rings is 2. The van der Waals surface area contributed by atoms with Crippen LogP contribution in [-0.2, 0) is 20.0 Å². The summed E-state index contributed by atoms with van der Waals surface area (Å²) in [6, 6.07) is 18.4. The molecule has 160 valence electrons. The van der Waals surface area contributed by atoms with E-state index in [1.165, 1.54) is 17.6 Å². The van der Waals surface area contributed by atoms with Crippen LogP contribution in [-0.4, -0.2) is 44.5 Å². The highest BCUT2D eigenvalue weighted by molar-refractivity contribution is 7.57. The quantitative estimate of drug-likeness (QED) is 0.351. The fourth-order valence-electron chi connectivity index (χ4n) is 3.07. The summed E-state index contributed by atoms with van der Waals surface area (Å²) in [4.78, 5) is 0. The predicted octanol–water partition coefficient (Wildman–Crippen LogP) is 5.55. The summed E-state index contributed by atoms with van der Waals surface area (Å²) in [6.45, 7) is 5.37. The second-order valence-corrected chi connectivity index (χ2v) is 12.5. The van der Waals surface area contributed by atoms with Crippen LogP contribution in [0.1, 0.15) is 19.4 Å². The molecule has 0 radical (unpaired) electrons. The van der Waals surface area contributed by atoms with Crippen LogP contribution in [0.5, 0.6) is 5.75 Å². The largest absolute Gasteiger partial charge is 0.496 e. The summed E-state index contributed by atoms with van der Waals surface area (Å²) < 4.78 is 28.9. The van der Waals surface area contributed by atoms with E-state index in [-0.39, 0.29) is 13.6 Å². The van der Waals surface area contributed by atoms with E-state index in [0.29, 0.717) is 21.8 Å². The number of methoxy groups -OCH3 is 1. The van der Waals surface area contributed by atoms with Crippen LogP contribution in [0.3, 0.4) is 0 Å². The lowest BCUT2D eigenvalue weighted by atomic mass is 10.1. The molecule has 0 aliphatic rings. The summed E-state index contributed by atoms with van der Waals surface area (Å²) in [5.74, 6) is 0.881. The van der Waals surface area contributed by atoms with Crippen molar-refractivity contribution in [1.82, 2.24) is 0 Å². The molecule has 0 amide bonds. The van der Waals surface area contributed by atoms with Gasteiger partial charge in [0, 0.05) is 5.66 Å².